The maximum absolute atomic E-state index is 4.78. The first kappa shape index (κ1) is 13.8. The van der Waals surface area contributed by atoms with E-state index in [2.05, 4.69) is 15.6 Å². The van der Waals surface area contributed by atoms with Gasteiger partial charge in [0.1, 0.15) is 5.82 Å². The Labute approximate surface area is 134 Å². The molecular weight excluding hydrogens is 286 g/mol. The predicted molar refractivity (Wildman–Crippen MR) is 90.4 cm³/mol. The summed E-state index contributed by atoms with van der Waals surface area (Å²) in [5, 5.41) is 6.81. The van der Waals surface area contributed by atoms with Crippen LogP contribution in [0.2, 0.25) is 0 Å². The van der Waals surface area contributed by atoms with Gasteiger partial charge in [-0.3, -0.25) is 4.98 Å². The van der Waals surface area contributed by atoms with Gasteiger partial charge in [0, 0.05) is 48.7 Å². The molecule has 0 atom stereocenters. The number of nitrogens with zero attached hydrogens (tertiary/aromatic N) is 3. The molecule has 0 saturated heterocycles. The van der Waals surface area contributed by atoms with E-state index in [0.717, 1.165) is 53.7 Å². The van der Waals surface area contributed by atoms with Crippen molar-refractivity contribution < 1.29 is 0 Å². The molecule has 1 aliphatic heterocycles. The Balaban J connectivity index is 1.80. The minimum Gasteiger partial charge on any atom is -0.340 e. The molecule has 5 nitrogen and oxygen atoms in total. The number of hydrogen-bond donors (Lipinski definition) is 2. The first-order valence-electron chi connectivity index (χ1n) is 7.73. The highest BCUT2D eigenvalue weighted by Gasteiger charge is 2.18. The molecule has 114 valence electrons. The first-order chi connectivity index (χ1) is 11.4. The van der Waals surface area contributed by atoms with Gasteiger partial charge in [0.15, 0.2) is 5.82 Å². The average molecular weight is 303 g/mol. The summed E-state index contributed by atoms with van der Waals surface area (Å²) >= 11 is 0. The number of fused-ring (bicyclic) bond motifs is 1. The molecule has 23 heavy (non-hydrogen) atoms. The van der Waals surface area contributed by atoms with Crippen LogP contribution in [0.25, 0.3) is 11.4 Å². The lowest BCUT2D eigenvalue weighted by Gasteiger charge is -2.20. The van der Waals surface area contributed by atoms with E-state index in [9.17, 15) is 0 Å². The number of anilines is 2. The number of nitrogens with one attached hydrogen (secondary N) is 2. The standard InChI is InChI=1S/C18H17N5/c1-2-4-13(5-3-1)17-22-16-8-11-20-12-15(16)18(23-17)21-14-6-9-19-10-7-14/h1-7,9-10,20H,8,11-12H2,(H,19,21,22,23). The van der Waals surface area contributed by atoms with E-state index >= 15 is 0 Å². The molecule has 3 heterocycles. The molecule has 0 spiro atoms. The van der Waals surface area contributed by atoms with Crippen molar-refractivity contribution in [3.05, 3.63) is 66.1 Å². The summed E-state index contributed by atoms with van der Waals surface area (Å²) in [6.07, 6.45) is 4.46. The second-order valence-electron chi connectivity index (χ2n) is 5.47. The van der Waals surface area contributed by atoms with Crippen molar-refractivity contribution in [1.29, 1.82) is 0 Å². The van der Waals surface area contributed by atoms with Gasteiger partial charge in [0.05, 0.1) is 5.69 Å². The van der Waals surface area contributed by atoms with Crippen LogP contribution >= 0.6 is 0 Å². The first-order valence-corrected chi connectivity index (χ1v) is 7.73. The fraction of sp³-hybridized carbons (Fsp3) is 0.167. The van der Waals surface area contributed by atoms with Crippen molar-refractivity contribution in [2.45, 2.75) is 13.0 Å². The van der Waals surface area contributed by atoms with Gasteiger partial charge in [-0.25, -0.2) is 9.97 Å². The summed E-state index contributed by atoms with van der Waals surface area (Å²) in [6.45, 7) is 1.74. The Morgan fingerprint density at radius 2 is 1.78 bits per heavy atom. The Kier molecular flexibility index (Phi) is 3.70. The Hall–Kier alpha value is -2.79. The van der Waals surface area contributed by atoms with Crippen LogP contribution in [0.5, 0.6) is 0 Å². The Morgan fingerprint density at radius 3 is 2.61 bits per heavy atom. The zero-order valence-electron chi connectivity index (χ0n) is 12.7. The van der Waals surface area contributed by atoms with Gasteiger partial charge in [-0.1, -0.05) is 30.3 Å². The number of aromatic nitrogens is 3. The van der Waals surface area contributed by atoms with Crippen LogP contribution in [0.15, 0.2) is 54.9 Å². The third-order valence-corrected chi connectivity index (χ3v) is 3.91. The van der Waals surface area contributed by atoms with E-state index in [-0.39, 0.29) is 0 Å². The monoisotopic (exact) mass is 303 g/mol. The van der Waals surface area contributed by atoms with Gasteiger partial charge < -0.3 is 10.6 Å². The van der Waals surface area contributed by atoms with Crippen molar-refractivity contribution in [2.24, 2.45) is 0 Å². The zero-order chi connectivity index (χ0) is 15.5. The van der Waals surface area contributed by atoms with Crippen molar-refractivity contribution >= 4 is 11.5 Å². The molecule has 0 unspecified atom stereocenters. The lowest BCUT2D eigenvalue weighted by atomic mass is 10.1. The van der Waals surface area contributed by atoms with E-state index < -0.39 is 0 Å². The molecule has 5 heteroatoms. The van der Waals surface area contributed by atoms with Gasteiger partial charge in [0.25, 0.3) is 0 Å². The molecule has 3 aromatic rings. The smallest absolute Gasteiger partial charge is 0.161 e. The van der Waals surface area contributed by atoms with Crippen LogP contribution in [-0.4, -0.2) is 21.5 Å². The average Bonchev–Trinajstić information content (AvgIpc) is 2.63. The normalized spacial score (nSPS) is 13.4. The van der Waals surface area contributed by atoms with Crippen LogP contribution in [0.1, 0.15) is 11.3 Å². The topological polar surface area (TPSA) is 62.7 Å². The zero-order valence-corrected chi connectivity index (χ0v) is 12.7. The molecule has 0 amide bonds. The van der Waals surface area contributed by atoms with Crippen LogP contribution in [0.4, 0.5) is 11.5 Å². The molecule has 0 fully saturated rings. The van der Waals surface area contributed by atoms with E-state index in [0.29, 0.717) is 0 Å². The maximum Gasteiger partial charge on any atom is 0.161 e. The van der Waals surface area contributed by atoms with Gasteiger partial charge in [-0.15, -0.1) is 0 Å². The Bertz CT molecular complexity index is 802. The quantitative estimate of drug-likeness (QED) is 0.779. The molecule has 0 aliphatic carbocycles. The highest BCUT2D eigenvalue weighted by molar-refractivity contribution is 5.65. The summed E-state index contributed by atoms with van der Waals surface area (Å²) in [4.78, 5) is 13.6. The SMILES string of the molecule is c1ccc(-c2nc3c(c(Nc4ccncc4)n2)CNCC3)cc1. The lowest BCUT2D eigenvalue weighted by molar-refractivity contribution is 0.628. The summed E-state index contributed by atoms with van der Waals surface area (Å²) in [5.41, 5.74) is 4.28. The van der Waals surface area contributed by atoms with E-state index in [1.807, 2.05) is 42.5 Å². The number of rotatable bonds is 3. The molecule has 0 saturated carbocycles. The van der Waals surface area contributed by atoms with Gasteiger partial charge in [-0.2, -0.15) is 0 Å². The predicted octanol–water partition coefficient (Wildman–Crippen LogP) is 2.93. The molecule has 0 bridgehead atoms. The van der Waals surface area contributed by atoms with Gasteiger partial charge >= 0.3 is 0 Å². The lowest BCUT2D eigenvalue weighted by Crippen LogP contribution is -2.26. The van der Waals surface area contributed by atoms with Crippen LogP contribution in [-0.2, 0) is 13.0 Å². The van der Waals surface area contributed by atoms with Crippen molar-refractivity contribution in [1.82, 2.24) is 20.3 Å². The molecule has 1 aliphatic rings. The highest BCUT2D eigenvalue weighted by Crippen LogP contribution is 2.26. The minimum absolute atomic E-state index is 0.766. The third-order valence-electron chi connectivity index (χ3n) is 3.91. The third kappa shape index (κ3) is 2.91. The molecule has 1 aromatic carbocycles. The minimum atomic E-state index is 0.766. The number of hydrogen-bond acceptors (Lipinski definition) is 5. The van der Waals surface area contributed by atoms with E-state index in [1.54, 1.807) is 12.4 Å². The summed E-state index contributed by atoms with van der Waals surface area (Å²) < 4.78 is 0. The second kappa shape index (κ2) is 6.14. The molecule has 4 rings (SSSR count). The molecule has 2 aromatic heterocycles. The summed E-state index contributed by atoms with van der Waals surface area (Å²) in [6, 6.07) is 14.0. The Morgan fingerprint density at radius 1 is 0.957 bits per heavy atom. The fourth-order valence-electron chi connectivity index (χ4n) is 2.73. The van der Waals surface area contributed by atoms with Gasteiger partial charge in [-0.05, 0) is 12.1 Å². The van der Waals surface area contributed by atoms with Crippen molar-refractivity contribution in [3.8, 4) is 11.4 Å². The van der Waals surface area contributed by atoms with Gasteiger partial charge in [0.2, 0.25) is 0 Å². The molecule has 0 radical (unpaired) electrons. The van der Waals surface area contributed by atoms with E-state index in [1.165, 1.54) is 0 Å². The van der Waals surface area contributed by atoms with Crippen molar-refractivity contribution in [3.63, 3.8) is 0 Å². The van der Waals surface area contributed by atoms with E-state index in [4.69, 9.17) is 9.97 Å². The summed E-state index contributed by atoms with van der Waals surface area (Å²) in [5.74, 6) is 1.63. The van der Waals surface area contributed by atoms with Crippen molar-refractivity contribution in [2.75, 3.05) is 11.9 Å². The second-order valence-corrected chi connectivity index (χ2v) is 5.47. The number of benzene rings is 1. The van der Waals surface area contributed by atoms with Crippen LogP contribution in [0, 0.1) is 0 Å². The summed E-state index contributed by atoms with van der Waals surface area (Å²) in [7, 11) is 0. The molecule has 2 N–H and O–H groups in total. The highest BCUT2D eigenvalue weighted by atomic mass is 15.1. The molecular formula is C18H17N5. The largest absolute Gasteiger partial charge is 0.340 e. The fourth-order valence-corrected chi connectivity index (χ4v) is 2.73. The van der Waals surface area contributed by atoms with Crippen LogP contribution < -0.4 is 10.6 Å². The number of pyridine rings is 1. The maximum atomic E-state index is 4.78. The van der Waals surface area contributed by atoms with Crippen LogP contribution in [0.3, 0.4) is 0 Å².